The van der Waals surface area contributed by atoms with Gasteiger partial charge < -0.3 is 4.98 Å². The first-order valence-corrected chi connectivity index (χ1v) is 7.11. The molecule has 0 unspecified atom stereocenters. The van der Waals surface area contributed by atoms with Crippen molar-refractivity contribution in [2.45, 2.75) is 26.8 Å². The molecule has 0 fully saturated rings. The van der Waals surface area contributed by atoms with Crippen LogP contribution in [0.25, 0.3) is 10.9 Å². The number of H-pyrrole nitrogens is 1. The van der Waals surface area contributed by atoms with E-state index in [-0.39, 0.29) is 0 Å². The molecule has 0 radical (unpaired) electrons. The van der Waals surface area contributed by atoms with Crippen molar-refractivity contribution < 1.29 is 4.79 Å². The zero-order valence-corrected chi connectivity index (χ0v) is 12.2. The lowest BCUT2D eigenvalue weighted by Crippen LogP contribution is -2.11. The van der Waals surface area contributed by atoms with Gasteiger partial charge in [0.2, 0.25) is 0 Å². The zero-order valence-electron chi connectivity index (χ0n) is 12.2. The average Bonchev–Trinajstić information content (AvgIpc) is 3.04. The summed E-state index contributed by atoms with van der Waals surface area (Å²) in [5.74, 6) is 0.452. The molecular formula is C16H18N4O. The molecule has 0 aliphatic carbocycles. The van der Waals surface area contributed by atoms with E-state index >= 15 is 0 Å². The van der Waals surface area contributed by atoms with E-state index in [1.807, 2.05) is 29.1 Å². The van der Waals surface area contributed by atoms with Crippen LogP contribution in [-0.2, 0) is 13.0 Å². The number of aromatic nitrogens is 4. The highest BCUT2D eigenvalue weighted by Gasteiger charge is 2.15. The fourth-order valence-corrected chi connectivity index (χ4v) is 2.57. The fraction of sp³-hybridized carbons (Fsp3) is 0.312. The van der Waals surface area contributed by atoms with Crippen LogP contribution in [0.15, 0.2) is 30.5 Å². The first-order chi connectivity index (χ1) is 10.2. The molecule has 108 valence electrons. The van der Waals surface area contributed by atoms with Crippen molar-refractivity contribution in [2.24, 2.45) is 5.92 Å². The molecule has 0 amide bonds. The summed E-state index contributed by atoms with van der Waals surface area (Å²) < 4.78 is 1.84. The lowest BCUT2D eigenvalue weighted by Gasteiger charge is -2.08. The second-order valence-electron chi connectivity index (χ2n) is 5.65. The summed E-state index contributed by atoms with van der Waals surface area (Å²) in [6.07, 6.45) is 3.43. The van der Waals surface area contributed by atoms with E-state index in [0.717, 1.165) is 29.6 Å². The molecule has 3 rings (SSSR count). The zero-order chi connectivity index (χ0) is 14.8. The molecule has 1 aromatic carbocycles. The van der Waals surface area contributed by atoms with Gasteiger partial charge in [0.25, 0.3) is 0 Å². The molecule has 5 heteroatoms. The molecule has 2 aromatic heterocycles. The van der Waals surface area contributed by atoms with E-state index in [2.05, 4.69) is 35.2 Å². The predicted octanol–water partition coefficient (Wildman–Crippen LogP) is 2.82. The van der Waals surface area contributed by atoms with Crippen molar-refractivity contribution in [3.8, 4) is 0 Å². The van der Waals surface area contributed by atoms with E-state index in [0.29, 0.717) is 18.0 Å². The van der Waals surface area contributed by atoms with E-state index < -0.39 is 0 Å². The minimum Gasteiger partial charge on any atom is -0.361 e. The van der Waals surface area contributed by atoms with E-state index in [1.165, 1.54) is 5.39 Å². The Morgan fingerprint density at radius 3 is 2.90 bits per heavy atom. The molecule has 5 nitrogen and oxygen atoms in total. The van der Waals surface area contributed by atoms with Gasteiger partial charge in [0.15, 0.2) is 6.29 Å². The van der Waals surface area contributed by atoms with Crippen molar-refractivity contribution in [1.29, 1.82) is 0 Å². The smallest absolute Gasteiger partial charge is 0.172 e. The molecule has 2 heterocycles. The summed E-state index contributed by atoms with van der Waals surface area (Å²) >= 11 is 0. The number of carbonyl (C=O) groups excluding carboxylic acids is 1. The molecule has 0 bridgehead atoms. The van der Waals surface area contributed by atoms with Crippen molar-refractivity contribution in [1.82, 2.24) is 20.0 Å². The van der Waals surface area contributed by atoms with Crippen LogP contribution < -0.4 is 0 Å². The largest absolute Gasteiger partial charge is 0.361 e. The number of fused-ring (bicyclic) bond motifs is 1. The number of aldehydes is 1. The summed E-state index contributed by atoms with van der Waals surface area (Å²) in [5, 5.41) is 9.27. The standard InChI is InChI=1S/C16H18N4O/c1-11(2)9-20-16(15(10-21)18-19-20)7-12-8-17-14-6-4-3-5-13(12)14/h3-6,8,10-11,17H,7,9H2,1-2H3. The minimum absolute atomic E-state index is 0.431. The summed E-state index contributed by atoms with van der Waals surface area (Å²) in [5.41, 5.74) is 3.56. The van der Waals surface area contributed by atoms with Crippen LogP contribution in [0.1, 0.15) is 35.6 Å². The van der Waals surface area contributed by atoms with Crippen LogP contribution >= 0.6 is 0 Å². The number of para-hydroxylation sites is 1. The molecule has 3 aromatic rings. The highest BCUT2D eigenvalue weighted by molar-refractivity contribution is 5.83. The molecule has 1 N–H and O–H groups in total. The lowest BCUT2D eigenvalue weighted by atomic mass is 10.1. The van der Waals surface area contributed by atoms with Crippen LogP contribution in [0.2, 0.25) is 0 Å². The lowest BCUT2D eigenvalue weighted by molar-refractivity contribution is 0.111. The van der Waals surface area contributed by atoms with Gasteiger partial charge in [-0.2, -0.15) is 0 Å². The maximum atomic E-state index is 11.2. The van der Waals surface area contributed by atoms with E-state index in [9.17, 15) is 4.79 Å². The van der Waals surface area contributed by atoms with Crippen molar-refractivity contribution in [2.75, 3.05) is 0 Å². The third-order valence-corrected chi connectivity index (χ3v) is 3.55. The molecular weight excluding hydrogens is 264 g/mol. The van der Waals surface area contributed by atoms with Crippen molar-refractivity contribution >= 4 is 17.2 Å². The Hall–Kier alpha value is -2.43. The maximum absolute atomic E-state index is 11.2. The average molecular weight is 282 g/mol. The monoisotopic (exact) mass is 282 g/mol. The van der Waals surface area contributed by atoms with Gasteiger partial charge in [-0.25, -0.2) is 4.68 Å². The third-order valence-electron chi connectivity index (χ3n) is 3.55. The Balaban J connectivity index is 2.00. The van der Waals surface area contributed by atoms with Gasteiger partial charge >= 0.3 is 0 Å². The molecule has 0 saturated heterocycles. The highest BCUT2D eigenvalue weighted by Crippen LogP contribution is 2.21. The first-order valence-electron chi connectivity index (χ1n) is 7.11. The van der Waals surface area contributed by atoms with E-state index in [4.69, 9.17) is 0 Å². The SMILES string of the molecule is CC(C)Cn1nnc(C=O)c1Cc1c[nH]c2ccccc12. The van der Waals surface area contributed by atoms with Gasteiger partial charge in [0.1, 0.15) is 5.69 Å². The van der Waals surface area contributed by atoms with Crippen LogP contribution in [0, 0.1) is 5.92 Å². The number of aromatic amines is 1. The third kappa shape index (κ3) is 2.59. The molecule has 0 spiro atoms. The molecule has 0 saturated carbocycles. The van der Waals surface area contributed by atoms with Crippen LogP contribution in [0.5, 0.6) is 0 Å². The molecule has 21 heavy (non-hydrogen) atoms. The van der Waals surface area contributed by atoms with Gasteiger partial charge in [0.05, 0.1) is 5.69 Å². The second kappa shape index (κ2) is 5.52. The number of benzene rings is 1. The highest BCUT2D eigenvalue weighted by atomic mass is 16.1. The van der Waals surface area contributed by atoms with Gasteiger partial charge in [-0.05, 0) is 17.5 Å². The normalized spacial score (nSPS) is 11.4. The van der Waals surface area contributed by atoms with Gasteiger partial charge in [-0.1, -0.05) is 37.3 Å². The summed E-state index contributed by atoms with van der Waals surface area (Å²) in [7, 11) is 0. The van der Waals surface area contributed by atoms with Gasteiger partial charge in [-0.3, -0.25) is 4.79 Å². The summed E-state index contributed by atoms with van der Waals surface area (Å²) in [6, 6.07) is 8.15. The topological polar surface area (TPSA) is 63.6 Å². The fourth-order valence-electron chi connectivity index (χ4n) is 2.57. The molecule has 0 aliphatic rings. The maximum Gasteiger partial charge on any atom is 0.172 e. The van der Waals surface area contributed by atoms with Crippen LogP contribution in [-0.4, -0.2) is 26.3 Å². The number of nitrogens with zero attached hydrogens (tertiary/aromatic N) is 3. The minimum atomic E-state index is 0.431. The van der Waals surface area contributed by atoms with E-state index in [1.54, 1.807) is 0 Å². The van der Waals surface area contributed by atoms with Crippen LogP contribution in [0.4, 0.5) is 0 Å². The number of rotatable bonds is 5. The number of nitrogens with one attached hydrogen (secondary N) is 1. The van der Waals surface area contributed by atoms with Crippen molar-refractivity contribution in [3.05, 3.63) is 47.4 Å². The Morgan fingerprint density at radius 2 is 2.14 bits per heavy atom. The number of carbonyl (C=O) groups is 1. The van der Waals surface area contributed by atoms with Crippen molar-refractivity contribution in [3.63, 3.8) is 0 Å². The molecule has 0 aliphatic heterocycles. The van der Waals surface area contributed by atoms with Crippen LogP contribution in [0.3, 0.4) is 0 Å². The Kier molecular flexibility index (Phi) is 3.56. The second-order valence-corrected chi connectivity index (χ2v) is 5.65. The number of hydrogen-bond acceptors (Lipinski definition) is 3. The molecule has 0 atom stereocenters. The van der Waals surface area contributed by atoms with Gasteiger partial charge in [0, 0.05) is 30.1 Å². The Labute approximate surface area is 123 Å². The Morgan fingerprint density at radius 1 is 1.33 bits per heavy atom. The first kappa shape index (κ1) is 13.5. The number of hydrogen-bond donors (Lipinski definition) is 1. The van der Waals surface area contributed by atoms with Gasteiger partial charge in [-0.15, -0.1) is 5.10 Å². The quantitative estimate of drug-likeness (QED) is 0.732. The summed E-state index contributed by atoms with van der Waals surface area (Å²) in [6.45, 7) is 5.01. The predicted molar refractivity (Wildman–Crippen MR) is 81.4 cm³/mol. The Bertz CT molecular complexity index is 770. The summed E-state index contributed by atoms with van der Waals surface area (Å²) in [4.78, 5) is 14.5.